The van der Waals surface area contributed by atoms with Gasteiger partial charge in [0.2, 0.25) is 5.91 Å². The first kappa shape index (κ1) is 14.1. The molecule has 1 atom stereocenters. The highest BCUT2D eigenvalue weighted by Crippen LogP contribution is 2.29. The minimum absolute atomic E-state index is 0.298. The zero-order chi connectivity index (χ0) is 14.9. The number of rotatable bonds is 4. The van der Waals surface area contributed by atoms with Crippen LogP contribution in [0.3, 0.4) is 0 Å². The SMILES string of the molecule is CCNC(=O)CN1C(=O)NC(C)(c2ccc(C)o2)C1=O. The van der Waals surface area contributed by atoms with Gasteiger partial charge in [-0.05, 0) is 32.9 Å². The molecule has 1 aliphatic heterocycles. The number of imide groups is 1. The maximum Gasteiger partial charge on any atom is 0.325 e. The fraction of sp³-hybridized carbons (Fsp3) is 0.462. The quantitative estimate of drug-likeness (QED) is 0.785. The molecule has 1 fully saturated rings. The van der Waals surface area contributed by atoms with Gasteiger partial charge in [-0.1, -0.05) is 0 Å². The second kappa shape index (κ2) is 4.99. The molecule has 0 aromatic carbocycles. The molecule has 4 amide bonds. The predicted molar refractivity (Wildman–Crippen MR) is 69.7 cm³/mol. The fourth-order valence-electron chi connectivity index (χ4n) is 2.11. The molecular weight excluding hydrogens is 262 g/mol. The number of nitrogens with one attached hydrogen (secondary N) is 2. The first-order valence-corrected chi connectivity index (χ1v) is 6.36. The van der Waals surface area contributed by atoms with Crippen molar-refractivity contribution in [2.75, 3.05) is 13.1 Å². The summed E-state index contributed by atoms with van der Waals surface area (Å²) in [6.45, 7) is 5.22. The molecule has 2 rings (SSSR count). The van der Waals surface area contributed by atoms with Crippen molar-refractivity contribution in [3.63, 3.8) is 0 Å². The van der Waals surface area contributed by atoms with Crippen molar-refractivity contribution in [2.45, 2.75) is 26.3 Å². The van der Waals surface area contributed by atoms with E-state index >= 15 is 0 Å². The minimum atomic E-state index is -1.27. The van der Waals surface area contributed by atoms with Crippen LogP contribution < -0.4 is 10.6 Å². The molecule has 0 saturated carbocycles. The van der Waals surface area contributed by atoms with E-state index in [9.17, 15) is 14.4 Å². The minimum Gasteiger partial charge on any atom is -0.463 e. The molecule has 1 aliphatic rings. The van der Waals surface area contributed by atoms with Crippen molar-refractivity contribution in [2.24, 2.45) is 0 Å². The van der Waals surface area contributed by atoms with Gasteiger partial charge in [0.15, 0.2) is 5.54 Å². The van der Waals surface area contributed by atoms with E-state index in [4.69, 9.17) is 4.42 Å². The number of likely N-dealkylation sites (N-methyl/N-ethyl adjacent to an activating group) is 1. The lowest BCUT2D eigenvalue weighted by molar-refractivity contribution is -0.135. The van der Waals surface area contributed by atoms with E-state index in [1.807, 2.05) is 0 Å². The van der Waals surface area contributed by atoms with E-state index < -0.39 is 17.5 Å². The topological polar surface area (TPSA) is 91.7 Å². The highest BCUT2D eigenvalue weighted by molar-refractivity contribution is 6.08. The normalized spacial score (nSPS) is 22.1. The summed E-state index contributed by atoms with van der Waals surface area (Å²) < 4.78 is 5.43. The van der Waals surface area contributed by atoms with E-state index in [0.29, 0.717) is 18.1 Å². The van der Waals surface area contributed by atoms with Gasteiger partial charge in [0.1, 0.15) is 18.1 Å². The van der Waals surface area contributed by atoms with Gasteiger partial charge < -0.3 is 15.1 Å². The third-order valence-electron chi connectivity index (χ3n) is 3.18. The molecule has 108 valence electrons. The van der Waals surface area contributed by atoms with Crippen molar-refractivity contribution in [3.05, 3.63) is 23.7 Å². The summed E-state index contributed by atoms with van der Waals surface area (Å²) in [4.78, 5) is 36.7. The van der Waals surface area contributed by atoms with Gasteiger partial charge in [-0.25, -0.2) is 4.79 Å². The number of furan rings is 1. The Kier molecular flexibility index (Phi) is 3.52. The summed E-state index contributed by atoms with van der Waals surface area (Å²) in [6, 6.07) is 2.76. The molecule has 7 nitrogen and oxygen atoms in total. The van der Waals surface area contributed by atoms with Crippen molar-refractivity contribution < 1.29 is 18.8 Å². The van der Waals surface area contributed by atoms with Crippen LogP contribution in [0.1, 0.15) is 25.4 Å². The monoisotopic (exact) mass is 279 g/mol. The van der Waals surface area contributed by atoms with E-state index in [-0.39, 0.29) is 12.5 Å². The maximum atomic E-state index is 12.4. The summed E-state index contributed by atoms with van der Waals surface area (Å²) in [5, 5.41) is 5.12. The molecule has 7 heteroatoms. The van der Waals surface area contributed by atoms with Gasteiger partial charge in [0.25, 0.3) is 5.91 Å². The average molecular weight is 279 g/mol. The highest BCUT2D eigenvalue weighted by Gasteiger charge is 2.51. The lowest BCUT2D eigenvalue weighted by Gasteiger charge is -2.18. The van der Waals surface area contributed by atoms with Crippen LogP contribution in [-0.2, 0) is 15.1 Å². The average Bonchev–Trinajstić information content (AvgIpc) is 2.89. The van der Waals surface area contributed by atoms with Crippen molar-refractivity contribution >= 4 is 17.8 Å². The molecular formula is C13H17N3O4. The Hall–Kier alpha value is -2.31. The number of hydrogen-bond acceptors (Lipinski definition) is 4. The molecule has 0 spiro atoms. The Balaban J connectivity index is 2.22. The molecule has 2 N–H and O–H groups in total. The summed E-state index contributed by atoms with van der Waals surface area (Å²) in [7, 11) is 0. The van der Waals surface area contributed by atoms with E-state index in [1.165, 1.54) is 0 Å². The van der Waals surface area contributed by atoms with Gasteiger partial charge >= 0.3 is 6.03 Å². The number of hydrogen-bond donors (Lipinski definition) is 2. The van der Waals surface area contributed by atoms with Crippen LogP contribution in [0, 0.1) is 6.92 Å². The smallest absolute Gasteiger partial charge is 0.325 e. The van der Waals surface area contributed by atoms with Crippen molar-refractivity contribution in [1.82, 2.24) is 15.5 Å². The van der Waals surface area contributed by atoms with E-state index in [0.717, 1.165) is 4.90 Å². The summed E-state index contributed by atoms with van der Waals surface area (Å²) in [6.07, 6.45) is 0. The van der Waals surface area contributed by atoms with Gasteiger partial charge in [-0.15, -0.1) is 0 Å². The number of carbonyl (C=O) groups is 3. The lowest BCUT2D eigenvalue weighted by Crippen LogP contribution is -2.43. The Morgan fingerprint density at radius 3 is 2.70 bits per heavy atom. The number of amides is 4. The van der Waals surface area contributed by atoms with Crippen LogP contribution in [0.15, 0.2) is 16.5 Å². The molecule has 1 aromatic rings. The Labute approximate surface area is 116 Å². The van der Waals surface area contributed by atoms with Crippen LogP contribution in [0.2, 0.25) is 0 Å². The molecule has 2 heterocycles. The Morgan fingerprint density at radius 2 is 2.15 bits per heavy atom. The van der Waals surface area contributed by atoms with Gasteiger partial charge in [-0.3, -0.25) is 14.5 Å². The number of urea groups is 1. The largest absolute Gasteiger partial charge is 0.463 e. The van der Waals surface area contributed by atoms with Crippen LogP contribution in [-0.4, -0.2) is 35.8 Å². The van der Waals surface area contributed by atoms with E-state index in [2.05, 4.69) is 10.6 Å². The van der Waals surface area contributed by atoms with Crippen molar-refractivity contribution in [1.29, 1.82) is 0 Å². The van der Waals surface area contributed by atoms with Crippen LogP contribution >= 0.6 is 0 Å². The Morgan fingerprint density at radius 1 is 1.45 bits per heavy atom. The first-order valence-electron chi connectivity index (χ1n) is 6.36. The number of aryl methyl sites for hydroxylation is 1. The second-order valence-electron chi connectivity index (χ2n) is 4.81. The highest BCUT2D eigenvalue weighted by atomic mass is 16.3. The van der Waals surface area contributed by atoms with Gasteiger partial charge in [0.05, 0.1) is 0 Å². The van der Waals surface area contributed by atoms with Gasteiger partial charge in [0, 0.05) is 6.54 Å². The number of carbonyl (C=O) groups excluding carboxylic acids is 3. The van der Waals surface area contributed by atoms with Crippen LogP contribution in [0.5, 0.6) is 0 Å². The predicted octanol–water partition coefficient (Wildman–Crippen LogP) is 0.491. The Bertz CT molecular complexity index is 566. The molecule has 1 unspecified atom stereocenters. The zero-order valence-electron chi connectivity index (χ0n) is 11.6. The lowest BCUT2D eigenvalue weighted by atomic mass is 9.99. The molecule has 0 aliphatic carbocycles. The number of nitrogens with zero attached hydrogens (tertiary/aromatic N) is 1. The molecule has 1 saturated heterocycles. The third kappa shape index (κ3) is 2.26. The maximum absolute atomic E-state index is 12.4. The van der Waals surface area contributed by atoms with E-state index in [1.54, 1.807) is 32.9 Å². The fourth-order valence-corrected chi connectivity index (χ4v) is 2.11. The second-order valence-corrected chi connectivity index (χ2v) is 4.81. The van der Waals surface area contributed by atoms with Crippen LogP contribution in [0.25, 0.3) is 0 Å². The summed E-state index contributed by atoms with van der Waals surface area (Å²) in [5.41, 5.74) is -1.27. The zero-order valence-corrected chi connectivity index (χ0v) is 11.6. The molecule has 0 radical (unpaired) electrons. The van der Waals surface area contributed by atoms with Crippen LogP contribution in [0.4, 0.5) is 4.79 Å². The van der Waals surface area contributed by atoms with Gasteiger partial charge in [-0.2, -0.15) is 0 Å². The molecule has 0 bridgehead atoms. The molecule has 20 heavy (non-hydrogen) atoms. The third-order valence-corrected chi connectivity index (χ3v) is 3.18. The first-order chi connectivity index (χ1) is 9.38. The molecule has 1 aromatic heterocycles. The summed E-state index contributed by atoms with van der Waals surface area (Å²) in [5.74, 6) is 0.121. The van der Waals surface area contributed by atoms with Crippen molar-refractivity contribution in [3.8, 4) is 0 Å². The summed E-state index contributed by atoms with van der Waals surface area (Å²) >= 11 is 0. The standard InChI is InChI=1S/C13H17N3O4/c1-4-14-10(17)7-16-11(18)13(3,15-12(16)19)9-6-5-8(2)20-9/h5-6H,4,7H2,1-3H3,(H,14,17)(H,15,19).